The first kappa shape index (κ1) is 13.9. The molecule has 1 fully saturated rings. The van der Waals surface area contributed by atoms with Gasteiger partial charge in [0.25, 0.3) is 0 Å². The maximum absolute atomic E-state index is 8.76. The average Bonchev–Trinajstić information content (AvgIpc) is 2.34. The Balaban J connectivity index is 2.29. The van der Waals surface area contributed by atoms with Gasteiger partial charge < -0.3 is 10.4 Å². The number of piperidine rings is 1. The average molecular weight is 228 g/mol. The Hall–Kier alpha value is -0.120. The number of unbranched alkanes of at least 4 members (excludes halogenated alkanes) is 2. The van der Waals surface area contributed by atoms with E-state index >= 15 is 0 Å². The number of aliphatic hydroxyl groups is 1. The number of hydrogen-bond acceptors (Lipinski definition) is 3. The van der Waals surface area contributed by atoms with E-state index in [1.807, 2.05) is 0 Å². The lowest BCUT2D eigenvalue weighted by molar-refractivity contribution is 0.118. The van der Waals surface area contributed by atoms with Crippen molar-refractivity contribution in [3.63, 3.8) is 0 Å². The largest absolute Gasteiger partial charge is 0.396 e. The lowest BCUT2D eigenvalue weighted by Gasteiger charge is -2.39. The fraction of sp³-hybridized carbons (Fsp3) is 1.00. The molecule has 2 atom stereocenters. The molecular formula is C13H28N2O. The summed E-state index contributed by atoms with van der Waals surface area (Å²) in [5.41, 5.74) is 0. The molecule has 16 heavy (non-hydrogen) atoms. The molecule has 3 heteroatoms. The second kappa shape index (κ2) is 8.04. The van der Waals surface area contributed by atoms with Crippen LogP contribution in [-0.4, -0.2) is 48.8 Å². The predicted molar refractivity (Wildman–Crippen MR) is 68.7 cm³/mol. The summed E-state index contributed by atoms with van der Waals surface area (Å²) in [5, 5.41) is 12.1. The molecule has 0 aromatic rings. The number of hydrogen-bond donors (Lipinski definition) is 2. The minimum Gasteiger partial charge on any atom is -0.396 e. The number of rotatable bonds is 7. The van der Waals surface area contributed by atoms with Gasteiger partial charge >= 0.3 is 0 Å². The third-order valence-electron chi connectivity index (χ3n) is 3.80. The SMILES string of the molecule is CNC(C)C1CCCCN1CCCCCO. The van der Waals surface area contributed by atoms with E-state index in [1.165, 1.54) is 38.8 Å². The van der Waals surface area contributed by atoms with Crippen molar-refractivity contribution in [3.8, 4) is 0 Å². The third-order valence-corrected chi connectivity index (χ3v) is 3.80. The highest BCUT2D eigenvalue weighted by Gasteiger charge is 2.25. The molecule has 0 spiro atoms. The van der Waals surface area contributed by atoms with Crippen LogP contribution in [0.1, 0.15) is 45.4 Å². The zero-order valence-corrected chi connectivity index (χ0v) is 10.9. The van der Waals surface area contributed by atoms with Crippen LogP contribution in [0.25, 0.3) is 0 Å². The summed E-state index contributed by atoms with van der Waals surface area (Å²) in [6.45, 7) is 5.10. The summed E-state index contributed by atoms with van der Waals surface area (Å²) in [6, 6.07) is 1.31. The molecule has 0 bridgehead atoms. The summed E-state index contributed by atoms with van der Waals surface area (Å²) >= 11 is 0. The van der Waals surface area contributed by atoms with Crippen molar-refractivity contribution in [2.24, 2.45) is 0 Å². The molecule has 2 unspecified atom stereocenters. The molecule has 1 aliphatic rings. The number of aliphatic hydroxyl groups excluding tert-OH is 1. The molecule has 0 saturated carbocycles. The van der Waals surface area contributed by atoms with E-state index in [4.69, 9.17) is 5.11 Å². The third kappa shape index (κ3) is 4.40. The van der Waals surface area contributed by atoms with E-state index in [2.05, 4.69) is 24.2 Å². The number of nitrogens with zero attached hydrogens (tertiary/aromatic N) is 1. The molecule has 0 aromatic carbocycles. The van der Waals surface area contributed by atoms with Crippen molar-refractivity contribution < 1.29 is 5.11 Å². The second-order valence-corrected chi connectivity index (χ2v) is 4.96. The highest BCUT2D eigenvalue weighted by molar-refractivity contribution is 4.84. The van der Waals surface area contributed by atoms with Crippen LogP contribution < -0.4 is 5.32 Å². The normalized spacial score (nSPS) is 24.6. The lowest BCUT2D eigenvalue weighted by atomic mass is 9.96. The highest BCUT2D eigenvalue weighted by atomic mass is 16.2. The molecule has 0 radical (unpaired) electrons. The van der Waals surface area contributed by atoms with Crippen molar-refractivity contribution in [1.29, 1.82) is 0 Å². The smallest absolute Gasteiger partial charge is 0.0431 e. The molecule has 1 heterocycles. The minimum absolute atomic E-state index is 0.344. The van der Waals surface area contributed by atoms with Gasteiger partial charge in [0.15, 0.2) is 0 Å². The standard InChI is InChI=1S/C13H28N2O/c1-12(14-2)13-8-4-6-10-15(13)9-5-3-7-11-16/h12-14,16H,3-11H2,1-2H3. The van der Waals surface area contributed by atoms with Gasteiger partial charge in [-0.1, -0.05) is 6.42 Å². The van der Waals surface area contributed by atoms with Crippen LogP contribution in [0.15, 0.2) is 0 Å². The number of likely N-dealkylation sites (N-methyl/N-ethyl adjacent to an activating group) is 1. The molecule has 0 amide bonds. The van der Waals surface area contributed by atoms with Gasteiger partial charge in [0.05, 0.1) is 0 Å². The lowest BCUT2D eigenvalue weighted by Crippen LogP contribution is -2.50. The van der Waals surface area contributed by atoms with Crippen molar-refractivity contribution in [2.75, 3.05) is 26.7 Å². The number of likely N-dealkylation sites (tertiary alicyclic amines) is 1. The van der Waals surface area contributed by atoms with Gasteiger partial charge in [0, 0.05) is 18.7 Å². The van der Waals surface area contributed by atoms with Gasteiger partial charge in [-0.3, -0.25) is 4.90 Å². The topological polar surface area (TPSA) is 35.5 Å². The summed E-state index contributed by atoms with van der Waals surface area (Å²) < 4.78 is 0. The van der Waals surface area contributed by atoms with Crippen LogP contribution in [-0.2, 0) is 0 Å². The van der Waals surface area contributed by atoms with Crippen LogP contribution in [0.3, 0.4) is 0 Å². The fourth-order valence-corrected chi connectivity index (χ4v) is 2.66. The monoisotopic (exact) mass is 228 g/mol. The van der Waals surface area contributed by atoms with E-state index < -0.39 is 0 Å². The van der Waals surface area contributed by atoms with Gasteiger partial charge in [0.2, 0.25) is 0 Å². The van der Waals surface area contributed by atoms with Crippen LogP contribution in [0.2, 0.25) is 0 Å². The van der Waals surface area contributed by atoms with Crippen LogP contribution in [0.5, 0.6) is 0 Å². The highest BCUT2D eigenvalue weighted by Crippen LogP contribution is 2.20. The quantitative estimate of drug-likeness (QED) is 0.650. The summed E-state index contributed by atoms with van der Waals surface area (Å²) in [6.07, 6.45) is 7.42. The van der Waals surface area contributed by atoms with E-state index in [1.54, 1.807) is 0 Å². The molecule has 0 aliphatic carbocycles. The molecule has 1 rings (SSSR count). The summed E-state index contributed by atoms with van der Waals surface area (Å²) in [4.78, 5) is 2.64. The molecule has 3 nitrogen and oxygen atoms in total. The van der Waals surface area contributed by atoms with Crippen molar-refractivity contribution in [1.82, 2.24) is 10.2 Å². The van der Waals surface area contributed by atoms with E-state index in [9.17, 15) is 0 Å². The first-order valence-electron chi connectivity index (χ1n) is 6.81. The molecule has 1 saturated heterocycles. The summed E-state index contributed by atoms with van der Waals surface area (Å²) in [7, 11) is 2.06. The first-order chi connectivity index (χ1) is 7.79. The molecular weight excluding hydrogens is 200 g/mol. The molecule has 2 N–H and O–H groups in total. The molecule has 96 valence electrons. The molecule has 1 aliphatic heterocycles. The predicted octanol–water partition coefficient (Wildman–Crippen LogP) is 1.61. The first-order valence-corrected chi connectivity index (χ1v) is 6.81. The van der Waals surface area contributed by atoms with Gasteiger partial charge in [0.1, 0.15) is 0 Å². The van der Waals surface area contributed by atoms with Crippen molar-refractivity contribution in [3.05, 3.63) is 0 Å². The Morgan fingerprint density at radius 3 is 2.81 bits per heavy atom. The van der Waals surface area contributed by atoms with E-state index in [-0.39, 0.29) is 0 Å². The van der Waals surface area contributed by atoms with E-state index in [0.717, 1.165) is 12.8 Å². The van der Waals surface area contributed by atoms with Gasteiger partial charge in [-0.2, -0.15) is 0 Å². The maximum Gasteiger partial charge on any atom is 0.0431 e. The minimum atomic E-state index is 0.344. The van der Waals surface area contributed by atoms with Gasteiger partial charge in [-0.05, 0) is 59.2 Å². The Morgan fingerprint density at radius 1 is 1.31 bits per heavy atom. The van der Waals surface area contributed by atoms with Crippen LogP contribution in [0, 0.1) is 0 Å². The van der Waals surface area contributed by atoms with Crippen molar-refractivity contribution in [2.45, 2.75) is 57.5 Å². The Labute approximate surface area is 100 Å². The van der Waals surface area contributed by atoms with Crippen molar-refractivity contribution >= 4 is 0 Å². The van der Waals surface area contributed by atoms with Crippen LogP contribution >= 0.6 is 0 Å². The Kier molecular flexibility index (Phi) is 7.01. The Bertz CT molecular complexity index is 175. The Morgan fingerprint density at radius 2 is 2.12 bits per heavy atom. The van der Waals surface area contributed by atoms with E-state index in [0.29, 0.717) is 18.7 Å². The summed E-state index contributed by atoms with van der Waals surface area (Å²) in [5.74, 6) is 0. The van der Waals surface area contributed by atoms with Crippen LogP contribution in [0.4, 0.5) is 0 Å². The van der Waals surface area contributed by atoms with Gasteiger partial charge in [-0.25, -0.2) is 0 Å². The zero-order valence-electron chi connectivity index (χ0n) is 10.9. The maximum atomic E-state index is 8.76. The zero-order chi connectivity index (χ0) is 11.8. The second-order valence-electron chi connectivity index (χ2n) is 4.96. The molecule has 0 aromatic heterocycles. The fourth-order valence-electron chi connectivity index (χ4n) is 2.66. The number of nitrogens with one attached hydrogen (secondary N) is 1. The van der Waals surface area contributed by atoms with Gasteiger partial charge in [-0.15, -0.1) is 0 Å².